The van der Waals surface area contributed by atoms with E-state index in [2.05, 4.69) is 15.6 Å². The van der Waals surface area contributed by atoms with E-state index in [1.807, 2.05) is 6.92 Å². The predicted octanol–water partition coefficient (Wildman–Crippen LogP) is 2.12. The van der Waals surface area contributed by atoms with Crippen LogP contribution in [0.3, 0.4) is 0 Å². The SMILES string of the molecule is CCOCCCNC(=NCC(=O)N(C)C)NCC1COC2(CCCCCC2)O1.I. The van der Waals surface area contributed by atoms with E-state index in [0.717, 1.165) is 32.4 Å². The molecule has 170 valence electrons. The third kappa shape index (κ3) is 9.80. The second-order valence-corrected chi connectivity index (χ2v) is 7.69. The lowest BCUT2D eigenvalue weighted by atomic mass is 10.1. The number of ether oxygens (including phenoxy) is 3. The van der Waals surface area contributed by atoms with Crippen LogP contribution in [0.25, 0.3) is 0 Å². The molecule has 29 heavy (non-hydrogen) atoms. The minimum atomic E-state index is -0.383. The average Bonchev–Trinajstić information content (AvgIpc) is 2.93. The minimum Gasteiger partial charge on any atom is -0.382 e. The molecular formula is C20H39IN4O4. The fraction of sp³-hybridized carbons (Fsp3) is 0.900. The van der Waals surface area contributed by atoms with E-state index >= 15 is 0 Å². The van der Waals surface area contributed by atoms with Gasteiger partial charge < -0.3 is 29.7 Å². The van der Waals surface area contributed by atoms with Crippen LogP contribution in [0.15, 0.2) is 4.99 Å². The number of halogens is 1. The van der Waals surface area contributed by atoms with Gasteiger partial charge in [-0.3, -0.25) is 4.79 Å². The number of carbonyl (C=O) groups excluding carboxylic acids is 1. The van der Waals surface area contributed by atoms with Gasteiger partial charge in [-0.2, -0.15) is 0 Å². The van der Waals surface area contributed by atoms with Crippen LogP contribution in [0.4, 0.5) is 0 Å². The van der Waals surface area contributed by atoms with Gasteiger partial charge in [-0.05, 0) is 26.2 Å². The van der Waals surface area contributed by atoms with Crippen molar-refractivity contribution in [3.8, 4) is 0 Å². The smallest absolute Gasteiger partial charge is 0.243 e. The van der Waals surface area contributed by atoms with Crippen molar-refractivity contribution in [3.63, 3.8) is 0 Å². The Hall–Kier alpha value is -0.650. The standard InChI is InChI=1S/C20H38N4O4.HI/c1-4-26-13-9-12-21-19(23-15-18(25)24(2)3)22-14-17-16-27-20(28-17)10-7-5-6-8-11-20;/h17H,4-16H2,1-3H3,(H2,21,22,23);1H. The quantitative estimate of drug-likeness (QED) is 0.207. The summed E-state index contributed by atoms with van der Waals surface area (Å²) in [4.78, 5) is 17.8. The Morgan fingerprint density at radius 1 is 1.21 bits per heavy atom. The normalized spacial score (nSPS) is 21.3. The molecule has 0 aromatic carbocycles. The lowest BCUT2D eigenvalue weighted by molar-refractivity contribution is -0.175. The van der Waals surface area contributed by atoms with Crippen molar-refractivity contribution >= 4 is 35.8 Å². The van der Waals surface area contributed by atoms with Gasteiger partial charge in [0.25, 0.3) is 0 Å². The molecule has 0 aromatic heterocycles. The van der Waals surface area contributed by atoms with Crippen molar-refractivity contribution in [3.05, 3.63) is 0 Å². The van der Waals surface area contributed by atoms with E-state index in [-0.39, 0.29) is 48.3 Å². The van der Waals surface area contributed by atoms with Gasteiger partial charge in [0.05, 0.1) is 6.61 Å². The first-order chi connectivity index (χ1) is 13.5. The summed E-state index contributed by atoms with van der Waals surface area (Å²) in [7, 11) is 3.47. The maximum Gasteiger partial charge on any atom is 0.243 e. The summed E-state index contributed by atoms with van der Waals surface area (Å²) in [6.45, 7) is 5.45. The van der Waals surface area contributed by atoms with Gasteiger partial charge in [-0.25, -0.2) is 4.99 Å². The molecule has 1 saturated heterocycles. The molecule has 1 unspecified atom stereocenters. The summed E-state index contributed by atoms with van der Waals surface area (Å²) < 4.78 is 17.7. The largest absolute Gasteiger partial charge is 0.382 e. The second kappa shape index (κ2) is 14.4. The van der Waals surface area contributed by atoms with Gasteiger partial charge in [0.15, 0.2) is 11.7 Å². The van der Waals surface area contributed by atoms with Crippen LogP contribution in [0.5, 0.6) is 0 Å². The predicted molar refractivity (Wildman–Crippen MR) is 125 cm³/mol. The summed E-state index contributed by atoms with van der Waals surface area (Å²) >= 11 is 0. The van der Waals surface area contributed by atoms with Crippen LogP contribution in [-0.4, -0.2) is 82.2 Å². The highest BCUT2D eigenvalue weighted by Crippen LogP contribution is 2.36. The zero-order valence-corrected chi connectivity index (χ0v) is 20.5. The molecule has 1 aliphatic heterocycles. The van der Waals surface area contributed by atoms with Gasteiger partial charge in [0, 0.05) is 53.2 Å². The maximum atomic E-state index is 11.9. The van der Waals surface area contributed by atoms with Gasteiger partial charge in [-0.1, -0.05) is 12.8 Å². The Kier molecular flexibility index (Phi) is 13.1. The van der Waals surface area contributed by atoms with Crippen LogP contribution in [0, 0.1) is 0 Å². The zero-order valence-electron chi connectivity index (χ0n) is 18.2. The fourth-order valence-electron chi connectivity index (χ4n) is 3.44. The van der Waals surface area contributed by atoms with Crippen molar-refractivity contribution in [2.75, 3.05) is 53.6 Å². The van der Waals surface area contributed by atoms with Gasteiger partial charge in [0.1, 0.15) is 12.6 Å². The lowest BCUT2D eigenvalue weighted by Gasteiger charge is -2.26. The van der Waals surface area contributed by atoms with E-state index in [0.29, 0.717) is 25.7 Å². The van der Waals surface area contributed by atoms with Gasteiger partial charge in [-0.15, -0.1) is 24.0 Å². The van der Waals surface area contributed by atoms with Crippen LogP contribution in [0.2, 0.25) is 0 Å². The molecule has 1 saturated carbocycles. The molecule has 1 spiro atoms. The molecule has 1 aliphatic carbocycles. The summed E-state index contributed by atoms with van der Waals surface area (Å²) in [5, 5.41) is 6.58. The van der Waals surface area contributed by atoms with E-state index in [1.165, 1.54) is 25.7 Å². The summed E-state index contributed by atoms with van der Waals surface area (Å²) in [6, 6.07) is 0. The molecule has 1 amide bonds. The average molecular weight is 526 g/mol. The second-order valence-electron chi connectivity index (χ2n) is 7.69. The van der Waals surface area contributed by atoms with Crippen molar-refractivity contribution < 1.29 is 19.0 Å². The van der Waals surface area contributed by atoms with E-state index in [1.54, 1.807) is 19.0 Å². The highest BCUT2D eigenvalue weighted by Gasteiger charge is 2.41. The number of rotatable bonds is 9. The van der Waals surface area contributed by atoms with Crippen molar-refractivity contribution in [1.29, 1.82) is 0 Å². The third-order valence-electron chi connectivity index (χ3n) is 5.11. The Labute approximate surface area is 192 Å². The topological polar surface area (TPSA) is 84.4 Å². The van der Waals surface area contributed by atoms with Crippen LogP contribution in [0.1, 0.15) is 51.9 Å². The number of amides is 1. The van der Waals surface area contributed by atoms with Crippen molar-refractivity contribution in [2.45, 2.75) is 63.8 Å². The molecule has 1 heterocycles. The number of guanidine groups is 1. The Morgan fingerprint density at radius 3 is 2.59 bits per heavy atom. The highest BCUT2D eigenvalue weighted by molar-refractivity contribution is 14.0. The first kappa shape index (κ1) is 26.4. The number of hydrogen-bond acceptors (Lipinski definition) is 5. The number of carbonyl (C=O) groups is 1. The Balaban J connectivity index is 0.00000420. The summed E-state index contributed by atoms with van der Waals surface area (Å²) in [5.41, 5.74) is 0. The Morgan fingerprint density at radius 2 is 1.93 bits per heavy atom. The minimum absolute atomic E-state index is 0. The molecule has 2 aliphatic rings. The highest BCUT2D eigenvalue weighted by atomic mass is 127. The monoisotopic (exact) mass is 526 g/mol. The molecule has 0 aromatic rings. The van der Waals surface area contributed by atoms with Crippen LogP contribution >= 0.6 is 24.0 Å². The number of nitrogens with one attached hydrogen (secondary N) is 2. The maximum absolute atomic E-state index is 11.9. The third-order valence-corrected chi connectivity index (χ3v) is 5.11. The molecule has 1 atom stereocenters. The summed E-state index contributed by atoms with van der Waals surface area (Å²) in [6.07, 6.45) is 7.71. The Bertz CT molecular complexity index is 497. The molecule has 2 rings (SSSR count). The van der Waals surface area contributed by atoms with Crippen molar-refractivity contribution in [2.24, 2.45) is 4.99 Å². The molecular weight excluding hydrogens is 487 g/mol. The number of hydrogen-bond donors (Lipinski definition) is 2. The number of nitrogens with zero attached hydrogens (tertiary/aromatic N) is 2. The van der Waals surface area contributed by atoms with Crippen LogP contribution in [-0.2, 0) is 19.0 Å². The number of likely N-dealkylation sites (N-methyl/N-ethyl adjacent to an activating group) is 1. The van der Waals surface area contributed by atoms with Crippen LogP contribution < -0.4 is 10.6 Å². The van der Waals surface area contributed by atoms with E-state index in [9.17, 15) is 4.79 Å². The fourth-order valence-corrected chi connectivity index (χ4v) is 3.44. The van der Waals surface area contributed by atoms with Gasteiger partial charge >= 0.3 is 0 Å². The molecule has 0 radical (unpaired) electrons. The first-order valence-corrected chi connectivity index (χ1v) is 10.7. The molecule has 0 bridgehead atoms. The number of aliphatic imine (C=N–C) groups is 1. The molecule has 2 N–H and O–H groups in total. The van der Waals surface area contributed by atoms with Crippen molar-refractivity contribution in [1.82, 2.24) is 15.5 Å². The van der Waals surface area contributed by atoms with E-state index in [4.69, 9.17) is 14.2 Å². The van der Waals surface area contributed by atoms with E-state index < -0.39 is 0 Å². The zero-order chi connectivity index (χ0) is 20.2. The summed E-state index contributed by atoms with van der Waals surface area (Å²) in [5.74, 6) is 0.205. The van der Waals surface area contributed by atoms with Gasteiger partial charge in [0.2, 0.25) is 5.91 Å². The first-order valence-electron chi connectivity index (χ1n) is 10.7. The molecule has 8 nitrogen and oxygen atoms in total. The molecule has 9 heteroatoms. The lowest BCUT2D eigenvalue weighted by Crippen LogP contribution is -2.43. The molecule has 2 fully saturated rings.